The molecule has 0 spiro atoms. The van der Waals surface area contributed by atoms with Gasteiger partial charge >= 0.3 is 6.09 Å². The summed E-state index contributed by atoms with van der Waals surface area (Å²) in [7, 11) is 1.65. The van der Waals surface area contributed by atoms with Gasteiger partial charge in [-0.2, -0.15) is 0 Å². The molecule has 3 aliphatic rings. The second-order valence-corrected chi connectivity index (χ2v) is 14.5. The van der Waals surface area contributed by atoms with Crippen LogP contribution >= 0.6 is 0 Å². The maximum Gasteiger partial charge on any atom is 0.407 e. The van der Waals surface area contributed by atoms with E-state index >= 15 is 0 Å². The monoisotopic (exact) mass is 690 g/mol. The number of amides is 3. The Labute approximate surface area is 295 Å². The first-order valence-corrected chi connectivity index (χ1v) is 17.2. The number of fused-ring (bicyclic) bond motifs is 3. The Kier molecular flexibility index (Phi) is 8.52. The van der Waals surface area contributed by atoms with Gasteiger partial charge < -0.3 is 29.8 Å². The Hall–Kier alpha value is -5.72. The minimum absolute atomic E-state index is 0.0699. The molecule has 1 fully saturated rings. The van der Waals surface area contributed by atoms with Gasteiger partial charge in [0.15, 0.2) is 5.82 Å². The second-order valence-electron chi connectivity index (χ2n) is 14.5. The minimum atomic E-state index is -0.974. The van der Waals surface area contributed by atoms with Crippen LogP contribution in [0.2, 0.25) is 0 Å². The number of carboxylic acid groups (broad SMARTS) is 1. The van der Waals surface area contributed by atoms with Gasteiger partial charge in [0.05, 0.1) is 5.69 Å². The normalized spacial score (nSPS) is 17.9. The van der Waals surface area contributed by atoms with Crippen LogP contribution in [0.25, 0.3) is 11.3 Å². The molecular weight excluding hydrogens is 648 g/mol. The number of aryl methyl sites for hydroxylation is 1. The molecule has 13 heteroatoms. The summed E-state index contributed by atoms with van der Waals surface area (Å²) < 4.78 is 3.62. The summed E-state index contributed by atoms with van der Waals surface area (Å²) in [5, 5.41) is 15.6. The highest BCUT2D eigenvalue weighted by atomic mass is 16.4. The van der Waals surface area contributed by atoms with Crippen molar-refractivity contribution in [2.45, 2.75) is 58.9 Å². The molecule has 1 atom stereocenters. The summed E-state index contributed by atoms with van der Waals surface area (Å²) in [6, 6.07) is 9.22. The van der Waals surface area contributed by atoms with E-state index in [0.717, 1.165) is 36.0 Å². The summed E-state index contributed by atoms with van der Waals surface area (Å²) in [5.74, 6) is 0.0150. The fourth-order valence-electron chi connectivity index (χ4n) is 7.83. The molecule has 1 aromatic carbocycles. The third-order valence-electron chi connectivity index (χ3n) is 10.3. The number of aromatic nitrogens is 4. The third kappa shape index (κ3) is 6.28. The van der Waals surface area contributed by atoms with Gasteiger partial charge in [0.25, 0.3) is 11.5 Å². The molecule has 13 nitrogen and oxygen atoms in total. The summed E-state index contributed by atoms with van der Waals surface area (Å²) in [6.07, 6.45) is 6.89. The predicted octanol–water partition coefficient (Wildman–Crippen LogP) is 5.46. The molecule has 1 unspecified atom stereocenters. The Morgan fingerprint density at radius 2 is 1.90 bits per heavy atom. The molecule has 0 saturated carbocycles. The lowest BCUT2D eigenvalue weighted by molar-refractivity contribution is -0.111. The van der Waals surface area contributed by atoms with Gasteiger partial charge in [0.1, 0.15) is 11.5 Å². The molecule has 0 radical (unpaired) electrons. The molecule has 1 aliphatic carbocycles. The van der Waals surface area contributed by atoms with E-state index in [0.29, 0.717) is 61.2 Å². The molecule has 5 heterocycles. The first kappa shape index (κ1) is 33.8. The molecule has 1 saturated heterocycles. The predicted molar refractivity (Wildman–Crippen MR) is 195 cm³/mol. The first-order valence-electron chi connectivity index (χ1n) is 17.2. The van der Waals surface area contributed by atoms with Crippen molar-refractivity contribution >= 4 is 40.9 Å². The lowest BCUT2D eigenvalue weighted by Gasteiger charge is -2.32. The number of likely N-dealkylation sites (tertiary alicyclic amines) is 1. The van der Waals surface area contributed by atoms with Crippen LogP contribution in [0.1, 0.15) is 65.5 Å². The molecule has 3 aromatic heterocycles. The number of nitrogens with one attached hydrogen (secondary N) is 2. The van der Waals surface area contributed by atoms with Crippen LogP contribution in [0, 0.1) is 12.3 Å². The Balaban J connectivity index is 1.18. The molecule has 7 rings (SSSR count). The number of pyridine rings is 1. The van der Waals surface area contributed by atoms with E-state index in [1.165, 1.54) is 26.8 Å². The van der Waals surface area contributed by atoms with E-state index in [4.69, 9.17) is 4.98 Å². The number of piperidine rings is 1. The summed E-state index contributed by atoms with van der Waals surface area (Å²) in [5.41, 5.74) is 6.85. The van der Waals surface area contributed by atoms with Gasteiger partial charge in [-0.15, -0.1) is 0 Å². The number of benzene rings is 1. The Bertz CT molecular complexity index is 2170. The molecule has 4 aromatic rings. The van der Waals surface area contributed by atoms with Crippen LogP contribution in [0.15, 0.2) is 60.2 Å². The van der Waals surface area contributed by atoms with Crippen LogP contribution in [0.5, 0.6) is 0 Å². The van der Waals surface area contributed by atoms with Crippen molar-refractivity contribution in [2.75, 3.05) is 35.2 Å². The molecule has 0 bridgehead atoms. The molecule has 51 heavy (non-hydrogen) atoms. The van der Waals surface area contributed by atoms with Crippen molar-refractivity contribution in [3.05, 3.63) is 93.8 Å². The number of rotatable bonds is 7. The van der Waals surface area contributed by atoms with Crippen LogP contribution in [0.4, 0.5) is 27.8 Å². The average molecular weight is 691 g/mol. The van der Waals surface area contributed by atoms with Gasteiger partial charge in [-0.05, 0) is 79.5 Å². The van der Waals surface area contributed by atoms with Crippen LogP contribution in [-0.4, -0.2) is 66.7 Å². The molecule has 3 amide bonds. The number of carbonyl (C=O) groups is 3. The van der Waals surface area contributed by atoms with E-state index in [1.54, 1.807) is 36.5 Å². The molecule has 2 aliphatic heterocycles. The first-order chi connectivity index (χ1) is 24.3. The zero-order valence-corrected chi connectivity index (χ0v) is 29.3. The second kappa shape index (κ2) is 12.9. The van der Waals surface area contributed by atoms with Crippen LogP contribution in [-0.2, 0) is 31.2 Å². The summed E-state index contributed by atoms with van der Waals surface area (Å²) in [6.45, 7) is 12.0. The largest absolute Gasteiger partial charge is 0.465 e. The van der Waals surface area contributed by atoms with Crippen molar-refractivity contribution in [1.82, 2.24) is 24.0 Å². The van der Waals surface area contributed by atoms with Crippen molar-refractivity contribution < 1.29 is 19.5 Å². The highest BCUT2D eigenvalue weighted by molar-refractivity contribution is 6.06. The van der Waals surface area contributed by atoms with Gasteiger partial charge in [-0.3, -0.25) is 19.3 Å². The summed E-state index contributed by atoms with van der Waals surface area (Å²) >= 11 is 0. The highest BCUT2D eigenvalue weighted by Gasteiger charge is 2.37. The van der Waals surface area contributed by atoms with Gasteiger partial charge in [0, 0.05) is 79.7 Å². The van der Waals surface area contributed by atoms with Crippen LogP contribution in [0.3, 0.4) is 0 Å². The van der Waals surface area contributed by atoms with E-state index in [2.05, 4.69) is 40.6 Å². The lowest BCUT2D eigenvalue weighted by Crippen LogP contribution is -2.41. The molecule has 264 valence electrons. The van der Waals surface area contributed by atoms with Gasteiger partial charge in [-0.1, -0.05) is 26.5 Å². The standard InChI is InChI=1S/C38H42N8O5/c1-6-32(47)41-28-17-25(9-10-27(28)23-8-7-13-44(20-23)37(50)51)40-33-36(49)43(5)21-29(42-33)26-11-12-39-34(22(26)2)46-15-14-45-30(35(46)48)16-24-18-38(3,4)19-31(24)45/h6,9-12,16-17,21,23H,1,7-8,13-15,18-20H2,2-5H3,(H,40,42)(H,41,47)(H,50,51). The third-order valence-corrected chi connectivity index (χ3v) is 10.3. The number of nitrogens with zero attached hydrogens (tertiary/aromatic N) is 6. The highest BCUT2D eigenvalue weighted by Crippen LogP contribution is 2.40. The lowest BCUT2D eigenvalue weighted by atomic mass is 9.89. The van der Waals surface area contributed by atoms with Gasteiger partial charge in [0.2, 0.25) is 5.91 Å². The zero-order chi connectivity index (χ0) is 36.2. The maximum absolute atomic E-state index is 13.9. The Morgan fingerprint density at radius 3 is 2.67 bits per heavy atom. The van der Waals surface area contributed by atoms with Crippen molar-refractivity contribution in [3.8, 4) is 11.3 Å². The molecular formula is C38H42N8O5. The smallest absolute Gasteiger partial charge is 0.407 e. The summed E-state index contributed by atoms with van der Waals surface area (Å²) in [4.78, 5) is 63.8. The van der Waals surface area contributed by atoms with E-state index in [-0.39, 0.29) is 28.6 Å². The topological polar surface area (TPSA) is 155 Å². The zero-order valence-electron chi connectivity index (χ0n) is 29.3. The van der Waals surface area contributed by atoms with E-state index in [1.807, 2.05) is 25.1 Å². The van der Waals surface area contributed by atoms with Gasteiger partial charge in [-0.25, -0.2) is 14.8 Å². The van der Waals surface area contributed by atoms with E-state index in [9.17, 15) is 24.3 Å². The number of hydrogen-bond acceptors (Lipinski definition) is 7. The maximum atomic E-state index is 13.9. The minimum Gasteiger partial charge on any atom is -0.465 e. The number of anilines is 4. The Morgan fingerprint density at radius 1 is 1.10 bits per heavy atom. The van der Waals surface area contributed by atoms with Crippen molar-refractivity contribution in [2.24, 2.45) is 12.5 Å². The fourth-order valence-corrected chi connectivity index (χ4v) is 7.83. The van der Waals surface area contributed by atoms with E-state index < -0.39 is 12.0 Å². The van der Waals surface area contributed by atoms with Crippen LogP contribution < -0.4 is 21.1 Å². The number of carbonyl (C=O) groups excluding carboxylic acids is 2. The van der Waals surface area contributed by atoms with Crippen molar-refractivity contribution in [3.63, 3.8) is 0 Å². The fraction of sp³-hybridized carbons (Fsp3) is 0.368. The quantitative estimate of drug-likeness (QED) is 0.216. The van der Waals surface area contributed by atoms with Crippen molar-refractivity contribution in [1.29, 1.82) is 0 Å². The number of hydrogen-bond donors (Lipinski definition) is 3. The molecule has 3 N–H and O–H groups in total. The SMILES string of the molecule is C=CC(=O)Nc1cc(Nc2nc(-c3ccnc(N4CCn5c(cc6c5CC(C)(C)C6)C4=O)c3C)cn(C)c2=O)ccc1C1CCCN(C(=O)O)C1. The average Bonchev–Trinajstić information content (AvgIpc) is 3.59.